The van der Waals surface area contributed by atoms with Gasteiger partial charge in [0.1, 0.15) is 0 Å². The summed E-state index contributed by atoms with van der Waals surface area (Å²) in [7, 11) is 0. The Balaban J connectivity index is 0.00000169. The average molecular weight is 234 g/mol. The van der Waals surface area contributed by atoms with Gasteiger partial charge in [-0.3, -0.25) is 0 Å². The van der Waals surface area contributed by atoms with E-state index in [1.165, 1.54) is 5.56 Å². The van der Waals surface area contributed by atoms with Crippen LogP contribution in [0.5, 0.6) is 0 Å². The van der Waals surface area contributed by atoms with E-state index >= 15 is 0 Å². The third-order valence-electron chi connectivity index (χ3n) is 2.21. The first-order chi connectivity index (χ1) is 6.19. The van der Waals surface area contributed by atoms with Crippen LogP contribution >= 0.6 is 24.0 Å². The van der Waals surface area contributed by atoms with Crippen molar-refractivity contribution in [2.45, 2.75) is 20.8 Å². The highest BCUT2D eigenvalue weighted by Gasteiger charge is 2.05. The van der Waals surface area contributed by atoms with Crippen LogP contribution in [-0.4, -0.2) is 13.1 Å². The Morgan fingerprint density at radius 1 is 1.21 bits per heavy atom. The molecule has 0 heterocycles. The lowest BCUT2D eigenvalue weighted by Gasteiger charge is -2.22. The van der Waals surface area contributed by atoms with Crippen molar-refractivity contribution >= 4 is 29.7 Å². The molecule has 0 bridgehead atoms. The van der Waals surface area contributed by atoms with Crippen LogP contribution in [0.25, 0.3) is 0 Å². The summed E-state index contributed by atoms with van der Waals surface area (Å²) < 4.78 is 0. The topological polar surface area (TPSA) is 3.24 Å². The van der Waals surface area contributed by atoms with E-state index in [1.807, 2.05) is 6.07 Å². The quantitative estimate of drug-likeness (QED) is 0.766. The lowest BCUT2D eigenvalue weighted by molar-refractivity contribution is 0.866. The SMILES string of the molecule is CCN(CC)c1ccc(C)cc1Cl.Cl. The third kappa shape index (κ3) is 3.07. The number of benzene rings is 1. The van der Waals surface area contributed by atoms with Crippen LogP contribution in [-0.2, 0) is 0 Å². The highest BCUT2D eigenvalue weighted by molar-refractivity contribution is 6.33. The molecule has 0 N–H and O–H groups in total. The second kappa shape index (κ2) is 6.15. The van der Waals surface area contributed by atoms with E-state index in [2.05, 4.69) is 37.8 Å². The fourth-order valence-corrected chi connectivity index (χ4v) is 1.79. The number of aryl methyl sites for hydroxylation is 1. The van der Waals surface area contributed by atoms with Gasteiger partial charge in [0.25, 0.3) is 0 Å². The van der Waals surface area contributed by atoms with E-state index in [1.54, 1.807) is 0 Å². The molecular formula is C11H17Cl2N. The fraction of sp³-hybridized carbons (Fsp3) is 0.455. The molecule has 0 aliphatic rings. The molecule has 0 fully saturated rings. The molecule has 0 aromatic heterocycles. The van der Waals surface area contributed by atoms with Crippen LogP contribution in [0.3, 0.4) is 0 Å². The van der Waals surface area contributed by atoms with Crippen molar-refractivity contribution in [3.63, 3.8) is 0 Å². The van der Waals surface area contributed by atoms with Crippen molar-refractivity contribution < 1.29 is 0 Å². The number of anilines is 1. The zero-order valence-electron chi connectivity index (χ0n) is 8.88. The summed E-state index contributed by atoms with van der Waals surface area (Å²) in [6, 6.07) is 6.19. The number of hydrogen-bond acceptors (Lipinski definition) is 1. The van der Waals surface area contributed by atoms with Gasteiger partial charge in [0.2, 0.25) is 0 Å². The monoisotopic (exact) mass is 233 g/mol. The van der Waals surface area contributed by atoms with Crippen LogP contribution in [0.1, 0.15) is 19.4 Å². The summed E-state index contributed by atoms with van der Waals surface area (Å²) in [5.41, 5.74) is 2.35. The number of nitrogens with zero attached hydrogens (tertiary/aromatic N) is 1. The minimum Gasteiger partial charge on any atom is -0.371 e. The van der Waals surface area contributed by atoms with Crippen LogP contribution < -0.4 is 4.90 Å². The molecule has 0 saturated carbocycles. The first-order valence-electron chi connectivity index (χ1n) is 4.70. The summed E-state index contributed by atoms with van der Waals surface area (Å²) in [4.78, 5) is 2.25. The van der Waals surface area contributed by atoms with Crippen molar-refractivity contribution in [2.75, 3.05) is 18.0 Å². The van der Waals surface area contributed by atoms with Gasteiger partial charge in [0.05, 0.1) is 10.7 Å². The van der Waals surface area contributed by atoms with Crippen LogP contribution in [0, 0.1) is 6.92 Å². The molecule has 0 aliphatic carbocycles. The number of rotatable bonds is 3. The maximum absolute atomic E-state index is 6.14. The standard InChI is InChI=1S/C11H16ClN.ClH/c1-4-13(5-2)11-7-6-9(3)8-10(11)12;/h6-8H,4-5H2,1-3H3;1H. The van der Waals surface area contributed by atoms with Crippen LogP contribution in [0.15, 0.2) is 18.2 Å². The van der Waals surface area contributed by atoms with Crippen molar-refractivity contribution in [3.8, 4) is 0 Å². The summed E-state index contributed by atoms with van der Waals surface area (Å²) in [6.07, 6.45) is 0. The molecule has 0 unspecified atom stereocenters. The first-order valence-corrected chi connectivity index (χ1v) is 5.08. The summed E-state index contributed by atoms with van der Waals surface area (Å²) in [5, 5.41) is 0.851. The van der Waals surface area contributed by atoms with Crippen molar-refractivity contribution in [1.82, 2.24) is 0 Å². The van der Waals surface area contributed by atoms with Gasteiger partial charge in [-0.1, -0.05) is 17.7 Å². The Hall–Kier alpha value is -0.400. The molecule has 1 rings (SSSR count). The maximum Gasteiger partial charge on any atom is 0.0642 e. The van der Waals surface area contributed by atoms with Crippen molar-refractivity contribution in [1.29, 1.82) is 0 Å². The van der Waals surface area contributed by atoms with Crippen LogP contribution in [0.4, 0.5) is 5.69 Å². The number of hydrogen-bond donors (Lipinski definition) is 0. The van der Waals surface area contributed by atoms with Gasteiger partial charge >= 0.3 is 0 Å². The molecule has 1 aromatic carbocycles. The molecule has 0 spiro atoms. The molecule has 0 amide bonds. The summed E-state index contributed by atoms with van der Waals surface area (Å²) in [5.74, 6) is 0. The third-order valence-corrected chi connectivity index (χ3v) is 2.51. The zero-order valence-corrected chi connectivity index (χ0v) is 10.5. The minimum absolute atomic E-state index is 0. The molecule has 80 valence electrons. The Bertz CT molecular complexity index is 283. The lowest BCUT2D eigenvalue weighted by atomic mass is 10.2. The van der Waals surface area contributed by atoms with E-state index in [0.717, 1.165) is 23.8 Å². The molecule has 1 nitrogen and oxygen atoms in total. The Kier molecular flexibility index (Phi) is 5.98. The predicted octanol–water partition coefficient (Wildman–Crippen LogP) is 3.92. The highest BCUT2D eigenvalue weighted by Crippen LogP contribution is 2.26. The normalized spacial score (nSPS) is 9.43. The molecule has 14 heavy (non-hydrogen) atoms. The largest absolute Gasteiger partial charge is 0.371 e. The molecule has 3 heteroatoms. The van der Waals surface area contributed by atoms with Crippen molar-refractivity contribution in [2.24, 2.45) is 0 Å². The molecule has 0 aliphatic heterocycles. The Morgan fingerprint density at radius 2 is 1.79 bits per heavy atom. The van der Waals surface area contributed by atoms with Gasteiger partial charge in [0, 0.05) is 13.1 Å². The smallest absolute Gasteiger partial charge is 0.0642 e. The van der Waals surface area contributed by atoms with E-state index in [4.69, 9.17) is 11.6 Å². The van der Waals surface area contributed by atoms with E-state index in [0.29, 0.717) is 0 Å². The second-order valence-corrected chi connectivity index (χ2v) is 3.53. The minimum atomic E-state index is 0. The summed E-state index contributed by atoms with van der Waals surface area (Å²) >= 11 is 6.14. The second-order valence-electron chi connectivity index (χ2n) is 3.13. The van der Waals surface area contributed by atoms with Gasteiger partial charge in [-0.2, -0.15) is 0 Å². The van der Waals surface area contributed by atoms with Crippen LogP contribution in [0.2, 0.25) is 5.02 Å². The van der Waals surface area contributed by atoms with Crippen molar-refractivity contribution in [3.05, 3.63) is 28.8 Å². The number of halogens is 2. The molecule has 0 saturated heterocycles. The van der Waals surface area contributed by atoms with E-state index < -0.39 is 0 Å². The van der Waals surface area contributed by atoms with Gasteiger partial charge in [-0.05, 0) is 38.5 Å². The molecule has 0 radical (unpaired) electrons. The highest BCUT2D eigenvalue weighted by atomic mass is 35.5. The fourth-order valence-electron chi connectivity index (χ4n) is 1.43. The average Bonchev–Trinajstić information content (AvgIpc) is 2.10. The predicted molar refractivity (Wildman–Crippen MR) is 67.0 cm³/mol. The summed E-state index contributed by atoms with van der Waals surface area (Å²) in [6.45, 7) is 8.33. The molecule has 0 atom stereocenters. The van der Waals surface area contributed by atoms with Gasteiger partial charge in [-0.15, -0.1) is 12.4 Å². The molecular weight excluding hydrogens is 217 g/mol. The molecule has 1 aromatic rings. The van der Waals surface area contributed by atoms with Gasteiger partial charge < -0.3 is 4.90 Å². The lowest BCUT2D eigenvalue weighted by Crippen LogP contribution is -2.22. The zero-order chi connectivity index (χ0) is 9.84. The Morgan fingerprint density at radius 3 is 2.21 bits per heavy atom. The van der Waals surface area contributed by atoms with E-state index in [-0.39, 0.29) is 12.4 Å². The first kappa shape index (κ1) is 13.6. The van der Waals surface area contributed by atoms with Gasteiger partial charge in [-0.25, -0.2) is 0 Å². The van der Waals surface area contributed by atoms with Gasteiger partial charge in [0.15, 0.2) is 0 Å². The van der Waals surface area contributed by atoms with E-state index in [9.17, 15) is 0 Å². The maximum atomic E-state index is 6.14. The Labute approximate surface area is 97.5 Å².